The topological polar surface area (TPSA) is 102 Å². The SMILES string of the molecule is COc1cc(N)c(F)cc1-c1nc2c(n1C(C)C)C1(C(=O)Nc3cc(C)ccc31)N(c1cc(Cl)ccc1C)C2=O. The van der Waals surface area contributed by atoms with Crippen LogP contribution in [0.2, 0.25) is 5.02 Å². The summed E-state index contributed by atoms with van der Waals surface area (Å²) in [6.07, 6.45) is 0. The van der Waals surface area contributed by atoms with E-state index in [0.717, 1.165) is 11.1 Å². The Morgan fingerprint density at radius 3 is 2.55 bits per heavy atom. The van der Waals surface area contributed by atoms with E-state index in [0.29, 0.717) is 44.8 Å². The van der Waals surface area contributed by atoms with Gasteiger partial charge in [0.05, 0.1) is 29.7 Å². The molecule has 3 N–H and O–H groups in total. The molecule has 1 spiro atoms. The number of carbonyl (C=O) groups excluding carboxylic acids is 2. The summed E-state index contributed by atoms with van der Waals surface area (Å²) >= 11 is 6.41. The lowest BCUT2D eigenvalue weighted by molar-refractivity contribution is -0.119. The van der Waals surface area contributed by atoms with E-state index >= 15 is 0 Å². The Morgan fingerprint density at radius 1 is 1.10 bits per heavy atom. The number of imidazole rings is 1. The number of nitrogens with two attached hydrogens (primary N) is 1. The average Bonchev–Trinajstić information content (AvgIpc) is 3.51. The first-order valence-electron chi connectivity index (χ1n) is 12.8. The number of fused-ring (bicyclic) bond motifs is 4. The lowest BCUT2D eigenvalue weighted by Gasteiger charge is -2.36. The third kappa shape index (κ3) is 3.33. The summed E-state index contributed by atoms with van der Waals surface area (Å²) in [5.41, 5.74) is 8.34. The maximum atomic E-state index is 14.8. The second kappa shape index (κ2) is 8.82. The van der Waals surface area contributed by atoms with E-state index in [1.54, 1.807) is 12.1 Å². The zero-order valence-corrected chi connectivity index (χ0v) is 23.4. The molecule has 3 aromatic carbocycles. The predicted octanol–water partition coefficient (Wildman–Crippen LogP) is 5.99. The summed E-state index contributed by atoms with van der Waals surface area (Å²) < 4.78 is 22.1. The van der Waals surface area contributed by atoms with Crippen LogP contribution in [-0.4, -0.2) is 28.5 Å². The summed E-state index contributed by atoms with van der Waals surface area (Å²) in [6.45, 7) is 7.62. The molecule has 1 atom stereocenters. The van der Waals surface area contributed by atoms with Crippen molar-refractivity contribution in [2.75, 3.05) is 23.1 Å². The molecule has 10 heteroatoms. The third-order valence-corrected chi connectivity index (χ3v) is 7.86. The Balaban J connectivity index is 1.75. The fourth-order valence-electron chi connectivity index (χ4n) is 5.88. The number of aryl methyl sites for hydroxylation is 2. The predicted molar refractivity (Wildman–Crippen MR) is 153 cm³/mol. The molecule has 0 bridgehead atoms. The van der Waals surface area contributed by atoms with Crippen molar-refractivity contribution in [3.05, 3.63) is 87.4 Å². The van der Waals surface area contributed by atoms with Crippen LogP contribution in [-0.2, 0) is 10.3 Å². The smallest absolute Gasteiger partial charge is 0.280 e. The first-order valence-corrected chi connectivity index (χ1v) is 13.2. The van der Waals surface area contributed by atoms with Gasteiger partial charge in [-0.2, -0.15) is 0 Å². The number of nitrogens with zero attached hydrogens (tertiary/aromatic N) is 3. The molecular weight excluding hydrogens is 533 g/mol. The van der Waals surface area contributed by atoms with Crippen molar-refractivity contribution in [3.63, 3.8) is 0 Å². The molecule has 1 aromatic heterocycles. The summed E-state index contributed by atoms with van der Waals surface area (Å²) in [5, 5.41) is 3.43. The van der Waals surface area contributed by atoms with Crippen molar-refractivity contribution in [2.24, 2.45) is 0 Å². The molecule has 2 aliphatic rings. The van der Waals surface area contributed by atoms with Crippen molar-refractivity contribution >= 4 is 40.5 Å². The van der Waals surface area contributed by atoms with Crippen LogP contribution in [0.5, 0.6) is 5.75 Å². The maximum Gasteiger partial charge on any atom is 0.280 e. The fraction of sp³-hybridized carbons (Fsp3) is 0.233. The normalized spacial score (nSPS) is 17.6. The van der Waals surface area contributed by atoms with Gasteiger partial charge in [-0.1, -0.05) is 29.8 Å². The van der Waals surface area contributed by atoms with E-state index < -0.39 is 23.2 Å². The van der Waals surface area contributed by atoms with Crippen LogP contribution in [0.15, 0.2) is 48.5 Å². The van der Waals surface area contributed by atoms with Crippen molar-refractivity contribution in [1.29, 1.82) is 0 Å². The van der Waals surface area contributed by atoms with Gasteiger partial charge in [-0.3, -0.25) is 14.5 Å². The van der Waals surface area contributed by atoms with Gasteiger partial charge in [0.1, 0.15) is 17.4 Å². The summed E-state index contributed by atoms with van der Waals surface area (Å²) in [7, 11) is 1.45. The second-order valence-corrected chi connectivity index (χ2v) is 10.9. The molecule has 2 amide bonds. The Bertz CT molecular complexity index is 1760. The number of amides is 2. The average molecular weight is 560 g/mol. The second-order valence-electron chi connectivity index (χ2n) is 10.5. The Labute approximate surface area is 235 Å². The van der Waals surface area contributed by atoms with Crippen LogP contribution >= 0.6 is 11.6 Å². The monoisotopic (exact) mass is 559 g/mol. The molecule has 0 saturated carbocycles. The number of aromatic nitrogens is 2. The van der Waals surface area contributed by atoms with Crippen LogP contribution in [0.25, 0.3) is 11.4 Å². The van der Waals surface area contributed by atoms with Crippen LogP contribution in [0.3, 0.4) is 0 Å². The van der Waals surface area contributed by atoms with E-state index in [-0.39, 0.29) is 17.4 Å². The van der Waals surface area contributed by atoms with Gasteiger partial charge in [0.25, 0.3) is 11.8 Å². The first-order chi connectivity index (χ1) is 19.0. The Morgan fingerprint density at radius 2 is 1.85 bits per heavy atom. The molecule has 4 aromatic rings. The van der Waals surface area contributed by atoms with Gasteiger partial charge in [-0.15, -0.1) is 0 Å². The molecule has 1 unspecified atom stereocenters. The van der Waals surface area contributed by atoms with Crippen LogP contribution in [0.4, 0.5) is 21.5 Å². The van der Waals surface area contributed by atoms with Crippen molar-refractivity contribution in [3.8, 4) is 17.1 Å². The number of hydrogen-bond donors (Lipinski definition) is 2. The standard InChI is InChI=1S/C30H27ClFN5O3/c1-14(2)36-26-25(35-27(36)18-12-20(32)21(33)13-24(18)40-5)28(38)37(23-11-17(31)8-7-16(23)4)30(26)19-9-6-15(3)10-22(19)34-29(30)39/h6-14H,33H2,1-5H3,(H,34,39). The number of nitrogens with one attached hydrogen (secondary N) is 1. The van der Waals surface area contributed by atoms with Gasteiger partial charge in [-0.25, -0.2) is 9.37 Å². The third-order valence-electron chi connectivity index (χ3n) is 7.62. The van der Waals surface area contributed by atoms with E-state index in [2.05, 4.69) is 5.32 Å². The van der Waals surface area contributed by atoms with Crippen LogP contribution in [0, 0.1) is 19.7 Å². The molecule has 3 heterocycles. The zero-order chi connectivity index (χ0) is 28.7. The summed E-state index contributed by atoms with van der Waals surface area (Å²) in [5.74, 6) is -0.937. The minimum Gasteiger partial charge on any atom is -0.496 e. The number of halogens is 2. The largest absolute Gasteiger partial charge is 0.496 e. The van der Waals surface area contributed by atoms with E-state index in [4.69, 9.17) is 27.1 Å². The summed E-state index contributed by atoms with van der Waals surface area (Å²) in [6, 6.07) is 13.2. The highest BCUT2D eigenvalue weighted by atomic mass is 35.5. The van der Waals surface area contributed by atoms with Crippen LogP contribution < -0.4 is 20.7 Å². The molecule has 40 heavy (non-hydrogen) atoms. The van der Waals surface area contributed by atoms with Gasteiger partial charge in [-0.05, 0) is 63.1 Å². The van der Waals surface area contributed by atoms with Crippen LogP contribution in [0.1, 0.15) is 52.8 Å². The highest BCUT2D eigenvalue weighted by Crippen LogP contribution is 2.55. The molecule has 8 nitrogen and oxygen atoms in total. The quantitative estimate of drug-likeness (QED) is 0.299. The Kier molecular flexibility index (Phi) is 5.71. The molecular formula is C30H27ClFN5O3. The van der Waals surface area contributed by atoms with Gasteiger partial charge < -0.3 is 20.4 Å². The molecule has 204 valence electrons. The molecule has 0 radical (unpaired) electrons. The number of benzene rings is 3. The zero-order valence-electron chi connectivity index (χ0n) is 22.6. The van der Waals surface area contributed by atoms with E-state index in [1.165, 1.54) is 24.1 Å². The molecule has 2 aliphatic heterocycles. The summed E-state index contributed by atoms with van der Waals surface area (Å²) in [4.78, 5) is 35.0. The Hall–Kier alpha value is -4.37. The lowest BCUT2D eigenvalue weighted by Crippen LogP contribution is -2.51. The molecule has 0 aliphatic carbocycles. The number of rotatable bonds is 4. The first kappa shape index (κ1) is 25.9. The highest BCUT2D eigenvalue weighted by molar-refractivity contribution is 6.31. The number of hydrogen-bond acceptors (Lipinski definition) is 5. The maximum absolute atomic E-state index is 14.8. The van der Waals surface area contributed by atoms with Crippen molar-refractivity contribution < 1.29 is 18.7 Å². The van der Waals surface area contributed by atoms with E-state index in [9.17, 15) is 14.0 Å². The number of anilines is 3. The van der Waals surface area contributed by atoms with Gasteiger partial charge in [0.2, 0.25) is 0 Å². The molecule has 0 fully saturated rings. The van der Waals surface area contributed by atoms with Gasteiger partial charge in [0, 0.05) is 28.4 Å². The number of ether oxygens (including phenoxy) is 1. The van der Waals surface area contributed by atoms with E-state index in [1.807, 2.05) is 56.5 Å². The van der Waals surface area contributed by atoms with Crippen molar-refractivity contribution in [2.45, 2.75) is 39.3 Å². The number of methoxy groups -OCH3 is 1. The lowest BCUT2D eigenvalue weighted by atomic mass is 9.86. The van der Waals surface area contributed by atoms with Gasteiger partial charge >= 0.3 is 0 Å². The molecule has 0 saturated heterocycles. The number of nitrogen functional groups attached to an aromatic ring is 1. The highest BCUT2D eigenvalue weighted by Gasteiger charge is 2.64. The molecule has 6 rings (SSSR count). The minimum atomic E-state index is -1.60. The minimum absolute atomic E-state index is 0.0783. The van der Waals surface area contributed by atoms with Gasteiger partial charge in [0.15, 0.2) is 11.2 Å². The fourth-order valence-corrected chi connectivity index (χ4v) is 6.05. The van der Waals surface area contributed by atoms with Crippen molar-refractivity contribution in [1.82, 2.24) is 9.55 Å². The number of carbonyl (C=O) groups is 2.